The number of ether oxygens (including phenoxy) is 2. The molecule has 0 saturated carbocycles. The molecule has 0 aromatic carbocycles. The lowest BCUT2D eigenvalue weighted by molar-refractivity contribution is -0.188. The molecule has 1 aliphatic heterocycles. The Balaban J connectivity index is -0.000000104. The van der Waals surface area contributed by atoms with Crippen molar-refractivity contribution in [3.8, 4) is 0 Å². The van der Waals surface area contributed by atoms with Gasteiger partial charge in [0, 0.05) is 12.8 Å². The van der Waals surface area contributed by atoms with E-state index in [-0.39, 0.29) is 18.3 Å². The monoisotopic (exact) mass is 450 g/mol. The first-order valence-corrected chi connectivity index (χ1v) is 7.51. The molecule has 1 unspecified atom stereocenters. The van der Waals surface area contributed by atoms with E-state index in [4.69, 9.17) is 54.9 Å². The molecule has 1 heterocycles. The maximum atomic E-state index is 10.9. The summed E-state index contributed by atoms with van der Waals surface area (Å²) in [7, 11) is 0. The van der Waals surface area contributed by atoms with Gasteiger partial charge in [-0.15, -0.1) is 0 Å². The Morgan fingerprint density at radius 2 is 1.17 bits per heavy atom. The first-order chi connectivity index (χ1) is 13.0. The van der Waals surface area contributed by atoms with Crippen LogP contribution in [0.25, 0.3) is 0 Å². The minimum Gasteiger partial charge on any atom is -0.480 e. The lowest BCUT2D eigenvalue weighted by atomic mass is 10.2. The lowest BCUT2D eigenvalue weighted by Gasteiger charge is -2.14. The van der Waals surface area contributed by atoms with Gasteiger partial charge < -0.3 is 57.5 Å². The zero-order chi connectivity index (χ0) is 22.5. The molecular formula is C14H30N2O14. The first kappa shape index (κ1) is 37.8. The Morgan fingerprint density at radius 3 is 1.47 bits per heavy atom. The van der Waals surface area contributed by atoms with Gasteiger partial charge in [0.15, 0.2) is 0 Å². The SMILES string of the molecule is N.N.O=C(CO)OC1CCCCC(=O)O1.O=C(O)CO.O=C(O)CO.O=C(O)CO. The molecule has 0 bridgehead atoms. The van der Waals surface area contributed by atoms with Gasteiger partial charge in [0.25, 0.3) is 0 Å². The van der Waals surface area contributed by atoms with Crippen molar-refractivity contribution in [1.82, 2.24) is 12.3 Å². The minimum atomic E-state index is -1.19. The van der Waals surface area contributed by atoms with Crippen LogP contribution < -0.4 is 12.3 Å². The van der Waals surface area contributed by atoms with Gasteiger partial charge in [-0.05, 0) is 12.8 Å². The highest BCUT2D eigenvalue weighted by Gasteiger charge is 2.21. The van der Waals surface area contributed by atoms with E-state index < -0.39 is 56.6 Å². The fraction of sp³-hybridized carbons (Fsp3) is 0.643. The second kappa shape index (κ2) is 26.1. The van der Waals surface area contributed by atoms with Crippen LogP contribution in [0, 0.1) is 0 Å². The van der Waals surface area contributed by atoms with Gasteiger partial charge in [-0.3, -0.25) is 4.79 Å². The summed E-state index contributed by atoms with van der Waals surface area (Å²) in [5.74, 6) is -4.69. The Morgan fingerprint density at radius 1 is 0.800 bits per heavy atom. The van der Waals surface area contributed by atoms with Crippen LogP contribution in [0.1, 0.15) is 25.7 Å². The molecule has 0 aliphatic carbocycles. The molecule has 0 spiro atoms. The maximum Gasteiger partial charge on any atom is 0.334 e. The Bertz CT molecular complexity index is 452. The van der Waals surface area contributed by atoms with E-state index in [0.29, 0.717) is 12.8 Å². The summed E-state index contributed by atoms with van der Waals surface area (Å²) >= 11 is 0. The summed E-state index contributed by atoms with van der Waals surface area (Å²) in [6.07, 6.45) is 1.61. The van der Waals surface area contributed by atoms with Gasteiger partial charge in [0.05, 0.1) is 0 Å². The fourth-order valence-corrected chi connectivity index (χ4v) is 1.11. The summed E-state index contributed by atoms with van der Waals surface area (Å²) in [6, 6.07) is 0. The van der Waals surface area contributed by atoms with Crippen LogP contribution in [0.4, 0.5) is 0 Å². The predicted molar refractivity (Wildman–Crippen MR) is 95.7 cm³/mol. The third kappa shape index (κ3) is 36.1. The third-order valence-electron chi connectivity index (χ3n) is 2.13. The van der Waals surface area contributed by atoms with Crippen molar-refractivity contribution in [3.63, 3.8) is 0 Å². The molecule has 0 aromatic heterocycles. The number of rotatable bonds is 5. The predicted octanol–water partition coefficient (Wildman–Crippen LogP) is -2.52. The third-order valence-corrected chi connectivity index (χ3v) is 2.13. The number of cyclic esters (lactones) is 1. The largest absolute Gasteiger partial charge is 0.480 e. The molecule has 0 amide bonds. The van der Waals surface area contributed by atoms with E-state index in [1.54, 1.807) is 0 Å². The Labute approximate surface area is 170 Å². The molecule has 16 heteroatoms. The summed E-state index contributed by atoms with van der Waals surface area (Å²) in [4.78, 5) is 48.9. The number of carboxylic acids is 3. The number of carboxylic acid groups (broad SMARTS) is 3. The summed E-state index contributed by atoms with van der Waals surface area (Å²) in [5.41, 5.74) is 0. The molecule has 1 atom stereocenters. The highest BCUT2D eigenvalue weighted by atomic mass is 16.7. The fourth-order valence-electron chi connectivity index (χ4n) is 1.11. The quantitative estimate of drug-likeness (QED) is 0.195. The number of esters is 2. The van der Waals surface area contributed by atoms with Crippen LogP contribution in [0.3, 0.4) is 0 Å². The van der Waals surface area contributed by atoms with Crippen molar-refractivity contribution in [2.75, 3.05) is 26.4 Å². The molecule has 1 fully saturated rings. The number of aliphatic carboxylic acids is 3. The van der Waals surface area contributed by atoms with E-state index >= 15 is 0 Å². The van der Waals surface area contributed by atoms with Crippen LogP contribution in [0.2, 0.25) is 0 Å². The van der Waals surface area contributed by atoms with E-state index in [1.807, 2.05) is 0 Å². The molecule has 30 heavy (non-hydrogen) atoms. The normalized spacial score (nSPS) is 13.7. The Kier molecular flexibility index (Phi) is 32.9. The summed E-state index contributed by atoms with van der Waals surface area (Å²) in [5, 5.41) is 53.4. The van der Waals surface area contributed by atoms with Crippen molar-refractivity contribution in [2.45, 2.75) is 32.0 Å². The smallest absolute Gasteiger partial charge is 0.334 e. The van der Waals surface area contributed by atoms with E-state index in [2.05, 4.69) is 4.74 Å². The van der Waals surface area contributed by atoms with E-state index in [9.17, 15) is 9.59 Å². The topological polar surface area (TPSA) is 315 Å². The van der Waals surface area contributed by atoms with E-state index in [1.165, 1.54) is 0 Å². The zero-order valence-electron chi connectivity index (χ0n) is 16.1. The average Bonchev–Trinajstić information content (AvgIpc) is 2.86. The molecule has 1 rings (SSSR count). The number of aliphatic hydroxyl groups is 4. The number of aliphatic hydroxyl groups excluding tert-OH is 4. The van der Waals surface area contributed by atoms with Crippen LogP contribution in [-0.4, -0.2) is 98.3 Å². The summed E-state index contributed by atoms with van der Waals surface area (Å²) < 4.78 is 9.45. The molecule has 13 N–H and O–H groups in total. The van der Waals surface area contributed by atoms with Gasteiger partial charge in [0.1, 0.15) is 26.4 Å². The molecule has 1 saturated heterocycles. The van der Waals surface area contributed by atoms with Crippen LogP contribution in [0.5, 0.6) is 0 Å². The minimum absolute atomic E-state index is 0. The van der Waals surface area contributed by atoms with Crippen molar-refractivity contribution in [2.24, 2.45) is 0 Å². The van der Waals surface area contributed by atoms with Gasteiger partial charge in [0.2, 0.25) is 6.29 Å². The maximum absolute atomic E-state index is 10.9. The number of carbonyl (C=O) groups excluding carboxylic acids is 2. The number of hydrogen-bond acceptors (Lipinski definition) is 13. The van der Waals surface area contributed by atoms with Crippen LogP contribution in [0.15, 0.2) is 0 Å². The standard InChI is InChI=1S/C8H12O5.3C2H4O3.2H3N/c9-5-7(11)13-8-4-2-1-3-6(10)12-8;3*3-1-2(4)5;;/h8-9H,1-5H2;3*3H,1H2,(H,4,5);2*1H3. The lowest BCUT2D eigenvalue weighted by Crippen LogP contribution is -2.24. The van der Waals surface area contributed by atoms with E-state index in [0.717, 1.165) is 12.8 Å². The van der Waals surface area contributed by atoms with Crippen molar-refractivity contribution in [1.29, 1.82) is 0 Å². The first-order valence-electron chi connectivity index (χ1n) is 7.51. The molecule has 1 aliphatic rings. The summed E-state index contributed by atoms with van der Waals surface area (Å²) in [6.45, 7) is -3.02. The average molecular weight is 450 g/mol. The molecular weight excluding hydrogens is 420 g/mol. The molecule has 16 nitrogen and oxygen atoms in total. The van der Waals surface area contributed by atoms with Crippen LogP contribution >= 0.6 is 0 Å². The molecule has 0 aromatic rings. The van der Waals surface area contributed by atoms with Crippen molar-refractivity contribution >= 4 is 29.8 Å². The molecule has 180 valence electrons. The Hall–Kier alpha value is -2.89. The van der Waals surface area contributed by atoms with Gasteiger partial charge in [-0.1, -0.05) is 0 Å². The highest BCUT2D eigenvalue weighted by Crippen LogP contribution is 2.15. The second-order valence-electron chi connectivity index (χ2n) is 4.47. The molecule has 0 radical (unpaired) electrons. The number of carbonyl (C=O) groups is 5. The van der Waals surface area contributed by atoms with Crippen molar-refractivity contribution in [3.05, 3.63) is 0 Å². The van der Waals surface area contributed by atoms with Gasteiger partial charge in [-0.25, -0.2) is 19.2 Å². The number of hydrogen-bond donors (Lipinski definition) is 9. The second-order valence-corrected chi connectivity index (χ2v) is 4.47. The van der Waals surface area contributed by atoms with Gasteiger partial charge in [-0.2, -0.15) is 0 Å². The van der Waals surface area contributed by atoms with Gasteiger partial charge >= 0.3 is 29.8 Å². The zero-order valence-corrected chi connectivity index (χ0v) is 16.1. The van der Waals surface area contributed by atoms with Crippen molar-refractivity contribution < 1.29 is 69.2 Å². The van der Waals surface area contributed by atoms with Crippen LogP contribution in [-0.2, 0) is 33.4 Å². The highest BCUT2D eigenvalue weighted by molar-refractivity contribution is 5.72.